The zero-order valence-electron chi connectivity index (χ0n) is 18.1. The smallest absolute Gasteiger partial charge is 0.170 e. The van der Waals surface area contributed by atoms with Gasteiger partial charge in [0.1, 0.15) is 5.76 Å². The molecule has 1 saturated heterocycles. The van der Waals surface area contributed by atoms with Gasteiger partial charge >= 0.3 is 0 Å². The molecule has 5 heterocycles. The summed E-state index contributed by atoms with van der Waals surface area (Å²) >= 11 is 5.81. The number of hydrogen-bond donors (Lipinski definition) is 1. The SMILES string of the molecule is Cc1cc([C@@H]2[C@H](c3ccccn3)NC(=S)N2Cc2cccnc2)c(C)n1Cc1ccco1. The summed E-state index contributed by atoms with van der Waals surface area (Å²) < 4.78 is 7.91. The van der Waals surface area contributed by atoms with Crippen LogP contribution in [0.5, 0.6) is 0 Å². The van der Waals surface area contributed by atoms with E-state index in [1.165, 1.54) is 17.0 Å². The third kappa shape index (κ3) is 3.80. The van der Waals surface area contributed by atoms with Crippen LogP contribution in [-0.4, -0.2) is 24.5 Å². The maximum absolute atomic E-state index is 5.81. The topological polar surface area (TPSA) is 59.1 Å². The van der Waals surface area contributed by atoms with Gasteiger partial charge in [0.05, 0.1) is 30.6 Å². The van der Waals surface area contributed by atoms with Crippen LogP contribution in [0.4, 0.5) is 0 Å². The Bertz CT molecular complexity index is 1200. The number of thiocarbonyl (C=S) groups is 1. The number of aromatic nitrogens is 3. The Balaban J connectivity index is 1.57. The van der Waals surface area contributed by atoms with Crippen LogP contribution in [0.25, 0.3) is 0 Å². The van der Waals surface area contributed by atoms with Crippen molar-refractivity contribution in [3.05, 3.63) is 107 Å². The van der Waals surface area contributed by atoms with Crippen LogP contribution in [0, 0.1) is 13.8 Å². The summed E-state index contributed by atoms with van der Waals surface area (Å²) in [4.78, 5) is 11.2. The Morgan fingerprint density at radius 3 is 2.69 bits per heavy atom. The van der Waals surface area contributed by atoms with Gasteiger partial charge in [-0.2, -0.15) is 0 Å². The van der Waals surface area contributed by atoms with Crippen molar-refractivity contribution >= 4 is 17.3 Å². The lowest BCUT2D eigenvalue weighted by Gasteiger charge is -2.28. The maximum atomic E-state index is 5.81. The molecule has 0 amide bonds. The van der Waals surface area contributed by atoms with E-state index in [1.807, 2.05) is 42.7 Å². The minimum absolute atomic E-state index is 0.00848. The molecule has 0 saturated carbocycles. The van der Waals surface area contributed by atoms with Gasteiger partial charge in [-0.05, 0) is 73.6 Å². The highest BCUT2D eigenvalue weighted by atomic mass is 32.1. The molecule has 4 aromatic rings. The van der Waals surface area contributed by atoms with E-state index in [1.54, 1.807) is 12.5 Å². The van der Waals surface area contributed by atoms with Gasteiger partial charge < -0.3 is 19.2 Å². The van der Waals surface area contributed by atoms with Crippen molar-refractivity contribution in [3.8, 4) is 0 Å². The molecular weight excluding hydrogens is 418 g/mol. The molecule has 2 atom stereocenters. The van der Waals surface area contributed by atoms with Gasteiger partial charge in [-0.1, -0.05) is 12.1 Å². The predicted molar refractivity (Wildman–Crippen MR) is 127 cm³/mol. The van der Waals surface area contributed by atoms with E-state index in [4.69, 9.17) is 16.6 Å². The molecular formula is C25H25N5OS. The Kier molecular flexibility index (Phi) is 5.49. The van der Waals surface area contributed by atoms with E-state index in [-0.39, 0.29) is 12.1 Å². The molecule has 1 N–H and O–H groups in total. The lowest BCUT2D eigenvalue weighted by molar-refractivity contribution is 0.309. The Labute approximate surface area is 192 Å². The molecule has 32 heavy (non-hydrogen) atoms. The zero-order valence-corrected chi connectivity index (χ0v) is 18.9. The molecule has 1 fully saturated rings. The number of pyridine rings is 2. The van der Waals surface area contributed by atoms with Gasteiger partial charge in [0.25, 0.3) is 0 Å². The average Bonchev–Trinajstić information content (AvgIpc) is 3.51. The molecule has 0 aliphatic carbocycles. The summed E-state index contributed by atoms with van der Waals surface area (Å²) in [5.74, 6) is 0.937. The summed E-state index contributed by atoms with van der Waals surface area (Å²) in [5, 5.41) is 4.26. The van der Waals surface area contributed by atoms with Crippen LogP contribution in [-0.2, 0) is 13.1 Å². The summed E-state index contributed by atoms with van der Waals surface area (Å²) in [6.45, 7) is 5.69. The molecule has 7 heteroatoms. The molecule has 0 spiro atoms. The van der Waals surface area contributed by atoms with Gasteiger partial charge in [-0.15, -0.1) is 0 Å². The lowest BCUT2D eigenvalue weighted by Crippen LogP contribution is -2.29. The van der Waals surface area contributed by atoms with Gasteiger partial charge in [0, 0.05) is 36.5 Å². The largest absolute Gasteiger partial charge is 0.467 e. The average molecular weight is 444 g/mol. The number of nitrogens with zero attached hydrogens (tertiary/aromatic N) is 4. The molecule has 6 nitrogen and oxygen atoms in total. The van der Waals surface area contributed by atoms with Gasteiger partial charge in [0.2, 0.25) is 0 Å². The first-order valence-corrected chi connectivity index (χ1v) is 11.1. The zero-order chi connectivity index (χ0) is 22.1. The molecule has 162 valence electrons. The van der Waals surface area contributed by atoms with Crippen LogP contribution in [0.3, 0.4) is 0 Å². The molecule has 0 aromatic carbocycles. The molecule has 0 bridgehead atoms. The van der Waals surface area contributed by atoms with Crippen LogP contribution in [0.15, 0.2) is 77.8 Å². The third-order valence-electron chi connectivity index (χ3n) is 6.10. The predicted octanol–water partition coefficient (Wildman–Crippen LogP) is 4.71. The van der Waals surface area contributed by atoms with Crippen LogP contribution in [0.1, 0.15) is 46.1 Å². The van der Waals surface area contributed by atoms with Crippen LogP contribution in [0.2, 0.25) is 0 Å². The monoisotopic (exact) mass is 443 g/mol. The van der Waals surface area contributed by atoms with Crippen molar-refractivity contribution < 1.29 is 4.42 Å². The quantitative estimate of drug-likeness (QED) is 0.436. The first-order valence-electron chi connectivity index (χ1n) is 10.7. The second-order valence-corrected chi connectivity index (χ2v) is 8.49. The molecule has 1 aliphatic rings. The first kappa shape index (κ1) is 20.5. The number of hydrogen-bond acceptors (Lipinski definition) is 4. The highest BCUT2D eigenvalue weighted by molar-refractivity contribution is 7.80. The molecule has 0 radical (unpaired) electrons. The molecule has 5 rings (SSSR count). The number of rotatable bonds is 6. The normalized spacial score (nSPS) is 18.2. The van der Waals surface area contributed by atoms with Crippen molar-refractivity contribution in [1.82, 2.24) is 24.8 Å². The Morgan fingerprint density at radius 1 is 1.06 bits per heavy atom. The van der Waals surface area contributed by atoms with Crippen LogP contribution < -0.4 is 5.32 Å². The molecule has 1 aliphatic heterocycles. The fourth-order valence-electron chi connectivity index (χ4n) is 4.53. The summed E-state index contributed by atoms with van der Waals surface area (Å²) in [6.07, 6.45) is 7.24. The van der Waals surface area contributed by atoms with Crippen molar-refractivity contribution in [2.24, 2.45) is 0 Å². The van der Waals surface area contributed by atoms with E-state index in [9.17, 15) is 0 Å². The molecule has 4 aromatic heterocycles. The van der Waals surface area contributed by atoms with Crippen molar-refractivity contribution in [2.75, 3.05) is 0 Å². The standard InChI is InChI=1S/C25H25N5OS/c1-17-13-21(18(2)29(17)16-20-8-6-12-31-20)24-23(22-9-3-4-11-27-22)28-25(32)30(24)15-19-7-5-10-26-14-19/h3-14,23-24H,15-16H2,1-2H3,(H,28,32)/t23-,24+/m0/s1. The second kappa shape index (κ2) is 8.59. The van der Waals surface area contributed by atoms with E-state index in [0.29, 0.717) is 13.1 Å². The van der Waals surface area contributed by atoms with E-state index >= 15 is 0 Å². The number of aryl methyl sites for hydroxylation is 1. The van der Waals surface area contributed by atoms with Crippen molar-refractivity contribution in [2.45, 2.75) is 39.0 Å². The summed E-state index contributed by atoms with van der Waals surface area (Å²) in [7, 11) is 0. The number of nitrogens with one attached hydrogen (secondary N) is 1. The third-order valence-corrected chi connectivity index (χ3v) is 6.45. The lowest BCUT2D eigenvalue weighted by atomic mass is 9.96. The molecule has 0 unspecified atom stereocenters. The minimum atomic E-state index is -0.0436. The summed E-state index contributed by atoms with van der Waals surface area (Å²) in [6, 6.07) is 16.2. The summed E-state index contributed by atoms with van der Waals surface area (Å²) in [5.41, 5.74) is 5.72. The fourth-order valence-corrected chi connectivity index (χ4v) is 4.84. The minimum Gasteiger partial charge on any atom is -0.467 e. The van der Waals surface area contributed by atoms with E-state index in [0.717, 1.165) is 22.1 Å². The number of furan rings is 1. The van der Waals surface area contributed by atoms with Gasteiger partial charge in [-0.3, -0.25) is 9.97 Å². The fraction of sp³-hybridized carbons (Fsp3) is 0.240. The maximum Gasteiger partial charge on any atom is 0.170 e. The Hall–Kier alpha value is -3.45. The highest BCUT2D eigenvalue weighted by Gasteiger charge is 2.41. The van der Waals surface area contributed by atoms with Crippen molar-refractivity contribution in [1.29, 1.82) is 0 Å². The van der Waals surface area contributed by atoms with Crippen LogP contribution >= 0.6 is 12.2 Å². The van der Waals surface area contributed by atoms with Crippen molar-refractivity contribution in [3.63, 3.8) is 0 Å². The first-order chi connectivity index (χ1) is 15.6. The Morgan fingerprint density at radius 2 is 1.97 bits per heavy atom. The van der Waals surface area contributed by atoms with Gasteiger partial charge in [-0.25, -0.2) is 0 Å². The van der Waals surface area contributed by atoms with E-state index in [2.05, 4.69) is 56.8 Å². The van der Waals surface area contributed by atoms with E-state index < -0.39 is 0 Å². The second-order valence-electron chi connectivity index (χ2n) is 8.11. The van der Waals surface area contributed by atoms with Gasteiger partial charge in [0.15, 0.2) is 5.11 Å². The highest BCUT2D eigenvalue weighted by Crippen LogP contribution is 2.41.